The van der Waals surface area contributed by atoms with Gasteiger partial charge in [0.2, 0.25) is 0 Å². The number of azide groups is 1. The van der Waals surface area contributed by atoms with Crippen molar-refractivity contribution in [3.8, 4) is 0 Å². The smallest absolute Gasteiger partial charge is 0.151 e. The number of carbonyl (C=O) groups excluding carboxylic acids is 1. The van der Waals surface area contributed by atoms with Gasteiger partial charge in [-0.05, 0) is 5.53 Å². The van der Waals surface area contributed by atoms with Crippen molar-refractivity contribution in [1.29, 1.82) is 0 Å². The lowest BCUT2D eigenvalue weighted by molar-refractivity contribution is 0.112. The van der Waals surface area contributed by atoms with Gasteiger partial charge < -0.3 is 0 Å². The molecule has 0 unspecified atom stereocenters. The van der Waals surface area contributed by atoms with Crippen molar-refractivity contribution in [1.82, 2.24) is 0 Å². The van der Waals surface area contributed by atoms with Crippen molar-refractivity contribution in [3.63, 3.8) is 0 Å². The van der Waals surface area contributed by atoms with Gasteiger partial charge in [-0.2, -0.15) is 11.3 Å². The molecule has 0 saturated heterocycles. The molecule has 0 saturated carbocycles. The molecule has 1 aromatic heterocycles. The lowest BCUT2D eigenvalue weighted by Crippen LogP contribution is -1.69. The Morgan fingerprint density at radius 2 is 2.50 bits per heavy atom. The van der Waals surface area contributed by atoms with Crippen molar-refractivity contribution >= 4 is 23.3 Å². The molecule has 50 valence electrons. The summed E-state index contributed by atoms with van der Waals surface area (Å²) in [5, 5.41) is 6.56. The molecular formula is C5H3N3OS. The average Bonchev–Trinajstić information content (AvgIpc) is 2.36. The zero-order valence-electron chi connectivity index (χ0n) is 4.89. The fourth-order valence-corrected chi connectivity index (χ4v) is 1.22. The van der Waals surface area contributed by atoms with E-state index in [0.717, 1.165) is 0 Å². The van der Waals surface area contributed by atoms with Gasteiger partial charge in [-0.3, -0.25) is 4.79 Å². The van der Waals surface area contributed by atoms with Crippen LogP contribution in [0.4, 0.5) is 5.69 Å². The Bertz CT molecular complexity index is 287. The molecule has 4 nitrogen and oxygen atoms in total. The third-order valence-corrected chi connectivity index (χ3v) is 1.70. The van der Waals surface area contributed by atoms with E-state index in [2.05, 4.69) is 10.0 Å². The Morgan fingerprint density at radius 1 is 1.70 bits per heavy atom. The molecule has 0 aliphatic heterocycles. The number of hydrogen-bond donors (Lipinski definition) is 0. The van der Waals surface area contributed by atoms with Gasteiger partial charge in [0.1, 0.15) is 0 Å². The van der Waals surface area contributed by atoms with Gasteiger partial charge in [-0.15, -0.1) is 0 Å². The second kappa shape index (κ2) is 3.00. The topological polar surface area (TPSA) is 65.8 Å². The maximum absolute atomic E-state index is 10.2. The fraction of sp³-hybridized carbons (Fsp3) is 0. The molecule has 0 spiro atoms. The molecule has 0 aliphatic carbocycles. The summed E-state index contributed by atoms with van der Waals surface area (Å²) in [4.78, 5) is 12.7. The molecule has 1 rings (SSSR count). The number of carbonyl (C=O) groups is 1. The van der Waals surface area contributed by atoms with Crippen molar-refractivity contribution in [3.05, 3.63) is 26.8 Å². The third-order valence-electron chi connectivity index (χ3n) is 0.950. The highest BCUT2D eigenvalue weighted by molar-refractivity contribution is 7.08. The third kappa shape index (κ3) is 1.15. The number of hydrogen-bond acceptors (Lipinski definition) is 3. The van der Waals surface area contributed by atoms with Crippen LogP contribution in [0.2, 0.25) is 0 Å². The van der Waals surface area contributed by atoms with Crippen LogP contribution in [0.25, 0.3) is 10.4 Å². The Balaban J connectivity index is 3.12. The lowest BCUT2D eigenvalue weighted by atomic mass is 10.3. The molecule has 0 radical (unpaired) electrons. The van der Waals surface area contributed by atoms with Crippen LogP contribution in [-0.4, -0.2) is 6.29 Å². The summed E-state index contributed by atoms with van der Waals surface area (Å²) in [5.74, 6) is 0. The fourth-order valence-electron chi connectivity index (χ4n) is 0.518. The van der Waals surface area contributed by atoms with Crippen LogP contribution < -0.4 is 0 Å². The summed E-state index contributed by atoms with van der Waals surface area (Å²) in [7, 11) is 0. The van der Waals surface area contributed by atoms with Crippen LogP contribution in [0.15, 0.2) is 15.9 Å². The molecule has 0 fully saturated rings. The maximum atomic E-state index is 10.2. The van der Waals surface area contributed by atoms with Crippen LogP contribution in [0.3, 0.4) is 0 Å². The minimum absolute atomic E-state index is 0.405. The second-order valence-electron chi connectivity index (χ2n) is 1.52. The molecule has 0 amide bonds. The van der Waals surface area contributed by atoms with Crippen molar-refractivity contribution < 1.29 is 4.79 Å². The zero-order valence-corrected chi connectivity index (χ0v) is 5.71. The summed E-state index contributed by atoms with van der Waals surface area (Å²) in [5.41, 5.74) is 8.86. The van der Waals surface area contributed by atoms with E-state index in [1.165, 1.54) is 11.3 Å². The highest BCUT2D eigenvalue weighted by Crippen LogP contribution is 2.21. The molecule has 1 aromatic rings. The van der Waals surface area contributed by atoms with Gasteiger partial charge in [0.25, 0.3) is 0 Å². The molecule has 5 heteroatoms. The zero-order chi connectivity index (χ0) is 7.40. The number of thiophene rings is 1. The van der Waals surface area contributed by atoms with Gasteiger partial charge >= 0.3 is 0 Å². The average molecular weight is 153 g/mol. The Morgan fingerprint density at radius 3 is 3.10 bits per heavy atom. The summed E-state index contributed by atoms with van der Waals surface area (Å²) in [6, 6.07) is 0. The van der Waals surface area contributed by atoms with E-state index >= 15 is 0 Å². The molecular weight excluding hydrogens is 150 g/mol. The Labute approximate surface area is 60.7 Å². The minimum Gasteiger partial charge on any atom is -0.298 e. The number of aldehydes is 1. The quantitative estimate of drug-likeness (QED) is 0.278. The maximum Gasteiger partial charge on any atom is 0.151 e. The first-order valence-electron chi connectivity index (χ1n) is 2.45. The normalized spacial score (nSPS) is 8.40. The first-order chi connectivity index (χ1) is 4.88. The number of nitrogens with zero attached hydrogens (tertiary/aromatic N) is 3. The summed E-state index contributed by atoms with van der Waals surface area (Å²) in [6.07, 6.45) is 0.667. The van der Waals surface area contributed by atoms with Crippen LogP contribution in [0.5, 0.6) is 0 Å². The molecule has 0 aliphatic rings. The molecule has 10 heavy (non-hydrogen) atoms. The lowest BCUT2D eigenvalue weighted by Gasteiger charge is -1.80. The molecule has 0 bridgehead atoms. The van der Waals surface area contributed by atoms with Crippen molar-refractivity contribution in [2.24, 2.45) is 5.11 Å². The molecule has 0 atom stereocenters. The van der Waals surface area contributed by atoms with E-state index in [9.17, 15) is 4.79 Å². The summed E-state index contributed by atoms with van der Waals surface area (Å²) in [6.45, 7) is 0. The van der Waals surface area contributed by atoms with E-state index in [4.69, 9.17) is 5.53 Å². The van der Waals surface area contributed by atoms with E-state index in [1.54, 1.807) is 10.8 Å². The van der Waals surface area contributed by atoms with Crippen LogP contribution in [0, 0.1) is 0 Å². The van der Waals surface area contributed by atoms with Crippen molar-refractivity contribution in [2.75, 3.05) is 0 Å². The molecule has 0 N–H and O–H groups in total. The van der Waals surface area contributed by atoms with E-state index in [1.807, 2.05) is 0 Å². The first-order valence-corrected chi connectivity index (χ1v) is 3.39. The Hall–Kier alpha value is -1.32. The van der Waals surface area contributed by atoms with E-state index < -0.39 is 0 Å². The van der Waals surface area contributed by atoms with Crippen molar-refractivity contribution in [2.45, 2.75) is 0 Å². The van der Waals surface area contributed by atoms with Gasteiger partial charge in [0.05, 0.1) is 5.69 Å². The van der Waals surface area contributed by atoms with Gasteiger partial charge in [0, 0.05) is 21.2 Å². The standard InChI is InChI=1S/C5H3N3OS/c6-8-7-5-3-10-2-4(5)1-9/h1-3H. The number of rotatable bonds is 2. The Kier molecular flexibility index (Phi) is 2.04. The van der Waals surface area contributed by atoms with Gasteiger partial charge in [-0.1, -0.05) is 5.11 Å². The highest BCUT2D eigenvalue weighted by Gasteiger charge is 1.97. The predicted molar refractivity (Wildman–Crippen MR) is 38.5 cm³/mol. The second-order valence-corrected chi connectivity index (χ2v) is 2.26. The molecule has 1 heterocycles. The van der Waals surface area contributed by atoms with Crippen LogP contribution in [-0.2, 0) is 0 Å². The highest BCUT2D eigenvalue weighted by atomic mass is 32.1. The minimum atomic E-state index is 0.405. The summed E-state index contributed by atoms with van der Waals surface area (Å²) >= 11 is 1.33. The van der Waals surface area contributed by atoms with Gasteiger partial charge in [-0.25, -0.2) is 0 Å². The predicted octanol–water partition coefficient (Wildman–Crippen LogP) is 2.50. The van der Waals surface area contributed by atoms with Crippen LogP contribution >= 0.6 is 11.3 Å². The summed E-state index contributed by atoms with van der Waals surface area (Å²) < 4.78 is 0. The van der Waals surface area contributed by atoms with E-state index in [0.29, 0.717) is 17.5 Å². The van der Waals surface area contributed by atoms with Gasteiger partial charge in [0.15, 0.2) is 6.29 Å². The SMILES string of the molecule is [N-]=[N+]=Nc1cscc1C=O. The molecule has 0 aromatic carbocycles. The largest absolute Gasteiger partial charge is 0.298 e. The van der Waals surface area contributed by atoms with Crippen LogP contribution in [0.1, 0.15) is 10.4 Å². The first kappa shape index (κ1) is 6.80. The monoisotopic (exact) mass is 153 g/mol. The van der Waals surface area contributed by atoms with E-state index in [-0.39, 0.29) is 0 Å².